The van der Waals surface area contributed by atoms with Crippen LogP contribution < -0.4 is 0 Å². The number of Topliss-reactive ketones (excluding diaryl/α,β-unsaturated/α-hetero) is 1. The Hall–Kier alpha value is -5.29. The molecule has 1 aliphatic rings. The standard InChI is InChI=1S/C38H31N3O2/c1-27-40-36-35(43-27)24-23-29(37(36)42)22-21-28-13-11-12-20-33(28)34-25-41(26-39-34)38(30-14-5-2-6-15-30,31-16-7-3-8-17-31)32-18-9-4-10-19-32/h2-22,25-26,29H,23-24H2,1H3/b22-21+. The molecule has 0 saturated carbocycles. The number of carbonyl (C=O) groups is 1. The minimum Gasteiger partial charge on any atom is -0.445 e. The zero-order valence-electron chi connectivity index (χ0n) is 23.9. The number of hydrogen-bond donors (Lipinski definition) is 0. The molecule has 1 unspecified atom stereocenters. The molecular formula is C38H31N3O2. The molecule has 6 aromatic rings. The van der Waals surface area contributed by atoms with Gasteiger partial charge >= 0.3 is 0 Å². The van der Waals surface area contributed by atoms with Crippen LogP contribution in [0.15, 0.2) is 138 Å². The van der Waals surface area contributed by atoms with Crippen molar-refractivity contribution in [1.29, 1.82) is 0 Å². The highest BCUT2D eigenvalue weighted by atomic mass is 16.4. The monoisotopic (exact) mass is 561 g/mol. The van der Waals surface area contributed by atoms with Crippen molar-refractivity contribution >= 4 is 11.9 Å². The number of carbonyl (C=O) groups excluding carboxylic acids is 1. The first-order valence-corrected chi connectivity index (χ1v) is 14.6. The Morgan fingerprint density at radius 2 is 1.40 bits per heavy atom. The third kappa shape index (κ3) is 4.73. The molecule has 2 heterocycles. The van der Waals surface area contributed by atoms with Gasteiger partial charge in [0.1, 0.15) is 17.0 Å². The second-order valence-corrected chi connectivity index (χ2v) is 10.9. The third-order valence-corrected chi connectivity index (χ3v) is 8.35. The maximum atomic E-state index is 13.1. The highest BCUT2D eigenvalue weighted by molar-refractivity contribution is 5.99. The summed E-state index contributed by atoms with van der Waals surface area (Å²) in [6, 6.07) is 40.0. The molecule has 7 rings (SSSR count). The smallest absolute Gasteiger partial charge is 0.191 e. The van der Waals surface area contributed by atoms with Gasteiger partial charge < -0.3 is 8.98 Å². The van der Waals surface area contributed by atoms with Gasteiger partial charge in [-0.3, -0.25) is 4.79 Å². The molecule has 0 amide bonds. The highest BCUT2D eigenvalue weighted by Gasteiger charge is 2.38. The van der Waals surface area contributed by atoms with E-state index in [1.165, 1.54) is 0 Å². The van der Waals surface area contributed by atoms with Crippen LogP contribution in [0.4, 0.5) is 0 Å². The predicted octanol–water partition coefficient (Wildman–Crippen LogP) is 8.15. The lowest BCUT2D eigenvalue weighted by atomic mass is 9.77. The molecule has 4 aromatic carbocycles. The van der Waals surface area contributed by atoms with Gasteiger partial charge in [0.25, 0.3) is 0 Å². The van der Waals surface area contributed by atoms with Crippen molar-refractivity contribution in [1.82, 2.24) is 14.5 Å². The second kappa shape index (κ2) is 11.2. The quantitative estimate of drug-likeness (QED) is 0.185. The average Bonchev–Trinajstić information content (AvgIpc) is 3.70. The lowest BCUT2D eigenvalue weighted by Gasteiger charge is -2.37. The van der Waals surface area contributed by atoms with Gasteiger partial charge in [-0.05, 0) is 28.7 Å². The van der Waals surface area contributed by atoms with Gasteiger partial charge in [-0.2, -0.15) is 0 Å². The number of benzene rings is 4. The minimum atomic E-state index is -0.637. The van der Waals surface area contributed by atoms with Crippen molar-refractivity contribution < 1.29 is 9.21 Å². The van der Waals surface area contributed by atoms with Crippen LogP contribution in [0.2, 0.25) is 0 Å². The summed E-state index contributed by atoms with van der Waals surface area (Å²) in [7, 11) is 0. The largest absolute Gasteiger partial charge is 0.445 e. The molecule has 43 heavy (non-hydrogen) atoms. The molecule has 0 spiro atoms. The molecule has 1 atom stereocenters. The zero-order valence-corrected chi connectivity index (χ0v) is 23.9. The summed E-state index contributed by atoms with van der Waals surface area (Å²) in [5, 5.41) is 0. The van der Waals surface area contributed by atoms with E-state index in [0.29, 0.717) is 30.2 Å². The van der Waals surface area contributed by atoms with Gasteiger partial charge in [0.2, 0.25) is 0 Å². The van der Waals surface area contributed by atoms with E-state index in [2.05, 4.69) is 101 Å². The number of rotatable bonds is 7. The fraction of sp³-hybridized carbons (Fsp3) is 0.132. The maximum absolute atomic E-state index is 13.1. The van der Waals surface area contributed by atoms with Crippen molar-refractivity contribution in [2.75, 3.05) is 0 Å². The highest BCUT2D eigenvalue weighted by Crippen LogP contribution is 2.41. The number of ketones is 1. The van der Waals surface area contributed by atoms with E-state index in [9.17, 15) is 4.79 Å². The van der Waals surface area contributed by atoms with Crippen molar-refractivity contribution in [2.45, 2.75) is 25.3 Å². The van der Waals surface area contributed by atoms with Crippen LogP contribution in [-0.4, -0.2) is 20.3 Å². The van der Waals surface area contributed by atoms with Crippen LogP contribution in [0.1, 0.15) is 50.8 Å². The Labute approximate surface area is 251 Å². The van der Waals surface area contributed by atoms with Gasteiger partial charge in [-0.25, -0.2) is 9.97 Å². The number of aromatic nitrogens is 3. The Morgan fingerprint density at radius 3 is 2.02 bits per heavy atom. The normalized spacial score (nSPS) is 15.1. The van der Waals surface area contributed by atoms with Crippen LogP contribution in [0, 0.1) is 12.8 Å². The van der Waals surface area contributed by atoms with Crippen LogP contribution in [0.5, 0.6) is 0 Å². The summed E-state index contributed by atoms with van der Waals surface area (Å²) < 4.78 is 7.85. The Kier molecular flexibility index (Phi) is 6.92. The Balaban J connectivity index is 1.32. The molecule has 1 aliphatic carbocycles. The molecule has 5 nitrogen and oxygen atoms in total. The van der Waals surface area contributed by atoms with E-state index in [0.717, 1.165) is 33.5 Å². The summed E-state index contributed by atoms with van der Waals surface area (Å²) in [6.07, 6.45) is 9.55. The number of hydrogen-bond acceptors (Lipinski definition) is 4. The van der Waals surface area contributed by atoms with Crippen molar-refractivity contribution in [3.05, 3.63) is 173 Å². The van der Waals surface area contributed by atoms with Crippen LogP contribution in [-0.2, 0) is 12.0 Å². The Morgan fingerprint density at radius 1 is 0.814 bits per heavy atom. The van der Waals surface area contributed by atoms with Gasteiger partial charge in [-0.15, -0.1) is 0 Å². The predicted molar refractivity (Wildman–Crippen MR) is 169 cm³/mol. The molecule has 2 aromatic heterocycles. The fourth-order valence-corrected chi connectivity index (χ4v) is 6.33. The molecule has 5 heteroatoms. The summed E-state index contributed by atoms with van der Waals surface area (Å²) in [5.74, 6) is 1.04. The molecular weight excluding hydrogens is 530 g/mol. The van der Waals surface area contributed by atoms with Crippen LogP contribution >= 0.6 is 0 Å². The number of nitrogens with zero attached hydrogens (tertiary/aromatic N) is 3. The molecule has 0 bridgehead atoms. The first-order valence-electron chi connectivity index (χ1n) is 14.6. The summed E-state index contributed by atoms with van der Waals surface area (Å²) in [6.45, 7) is 1.79. The first kappa shape index (κ1) is 26.6. The lowest BCUT2D eigenvalue weighted by molar-refractivity contribution is 0.0922. The fourth-order valence-electron chi connectivity index (χ4n) is 6.33. The Bertz CT molecular complexity index is 1810. The summed E-state index contributed by atoms with van der Waals surface area (Å²) >= 11 is 0. The lowest BCUT2D eigenvalue weighted by Crippen LogP contribution is -2.36. The average molecular weight is 562 g/mol. The van der Waals surface area contributed by atoms with Crippen molar-refractivity contribution in [3.8, 4) is 11.3 Å². The van der Waals surface area contributed by atoms with Crippen molar-refractivity contribution in [2.24, 2.45) is 5.92 Å². The second-order valence-electron chi connectivity index (χ2n) is 10.9. The number of aryl methyl sites for hydroxylation is 2. The van der Waals surface area contributed by atoms with Crippen LogP contribution in [0.3, 0.4) is 0 Å². The molecule has 0 aliphatic heterocycles. The molecule has 0 saturated heterocycles. The van der Waals surface area contributed by atoms with E-state index >= 15 is 0 Å². The van der Waals surface area contributed by atoms with Gasteiger partial charge in [0.05, 0.1) is 12.0 Å². The number of imidazole rings is 1. The topological polar surface area (TPSA) is 60.9 Å². The SMILES string of the molecule is Cc1nc2c(o1)CCC(/C=C/c1ccccc1-c1cn(C(c3ccccc3)(c3ccccc3)c3ccccc3)cn1)C2=O. The number of oxazole rings is 1. The van der Waals surface area contributed by atoms with E-state index < -0.39 is 5.54 Å². The number of allylic oxidation sites excluding steroid dienone is 1. The maximum Gasteiger partial charge on any atom is 0.191 e. The van der Waals surface area contributed by atoms with E-state index in [1.54, 1.807) is 6.92 Å². The minimum absolute atomic E-state index is 0.0227. The van der Waals surface area contributed by atoms with Gasteiger partial charge in [0, 0.05) is 31.0 Å². The van der Waals surface area contributed by atoms with E-state index in [-0.39, 0.29) is 11.7 Å². The molecule has 0 radical (unpaired) electrons. The molecule has 210 valence electrons. The van der Waals surface area contributed by atoms with Gasteiger partial charge in [0.15, 0.2) is 11.7 Å². The molecule has 0 N–H and O–H groups in total. The summed E-state index contributed by atoms with van der Waals surface area (Å²) in [4.78, 5) is 22.4. The third-order valence-electron chi connectivity index (χ3n) is 8.35. The zero-order chi connectivity index (χ0) is 29.2. The van der Waals surface area contributed by atoms with Crippen molar-refractivity contribution in [3.63, 3.8) is 0 Å². The van der Waals surface area contributed by atoms with E-state index in [4.69, 9.17) is 9.40 Å². The first-order chi connectivity index (χ1) is 21.1. The van der Waals surface area contributed by atoms with Gasteiger partial charge in [-0.1, -0.05) is 127 Å². The van der Waals surface area contributed by atoms with Crippen LogP contribution in [0.25, 0.3) is 17.3 Å². The van der Waals surface area contributed by atoms with E-state index in [1.807, 2.05) is 48.8 Å². The molecule has 0 fully saturated rings. The summed E-state index contributed by atoms with van der Waals surface area (Å²) in [5.41, 5.74) is 6.13. The number of fused-ring (bicyclic) bond motifs is 1.